The molecule has 6 nitrogen and oxygen atoms in total. The number of hydrogen-bond acceptors (Lipinski definition) is 6. The van der Waals surface area contributed by atoms with Crippen LogP contribution in [0, 0.1) is 18.3 Å². The molecule has 1 aromatic carbocycles. The van der Waals surface area contributed by atoms with Crippen LogP contribution < -0.4 is 10.1 Å². The van der Waals surface area contributed by atoms with Crippen LogP contribution in [0.4, 0.5) is 5.82 Å². The summed E-state index contributed by atoms with van der Waals surface area (Å²) >= 11 is 0. The molecule has 0 bridgehead atoms. The van der Waals surface area contributed by atoms with Gasteiger partial charge in [0, 0.05) is 18.7 Å². The summed E-state index contributed by atoms with van der Waals surface area (Å²) in [5.41, 5.74) is 2.50. The van der Waals surface area contributed by atoms with Gasteiger partial charge in [0.2, 0.25) is 0 Å². The molecular formula is C18H20N4O2. The third-order valence-electron chi connectivity index (χ3n) is 3.90. The lowest BCUT2D eigenvalue weighted by atomic mass is 10.1. The van der Waals surface area contributed by atoms with Crippen LogP contribution in [0.1, 0.15) is 29.7 Å². The number of anilines is 1. The highest BCUT2D eigenvalue weighted by molar-refractivity contribution is 5.41. The lowest BCUT2D eigenvalue weighted by Gasteiger charge is -2.16. The Hall–Kier alpha value is -2.65. The Morgan fingerprint density at radius 1 is 1.38 bits per heavy atom. The molecule has 1 atom stereocenters. The molecule has 1 aromatic heterocycles. The smallest absolute Gasteiger partial charge is 0.158 e. The van der Waals surface area contributed by atoms with Gasteiger partial charge in [-0.15, -0.1) is 0 Å². The predicted octanol–water partition coefficient (Wildman–Crippen LogP) is 2.83. The van der Waals surface area contributed by atoms with Crippen LogP contribution in [-0.2, 0) is 11.3 Å². The van der Waals surface area contributed by atoms with Gasteiger partial charge < -0.3 is 14.8 Å². The van der Waals surface area contributed by atoms with E-state index in [2.05, 4.69) is 21.4 Å². The number of nitrogens with zero attached hydrogens (tertiary/aromatic N) is 3. The first-order chi connectivity index (χ1) is 11.7. The minimum atomic E-state index is 0.190. The van der Waals surface area contributed by atoms with Gasteiger partial charge in [0.25, 0.3) is 0 Å². The maximum atomic E-state index is 8.75. The van der Waals surface area contributed by atoms with Crippen LogP contribution in [0.3, 0.4) is 0 Å². The summed E-state index contributed by atoms with van der Waals surface area (Å²) in [6, 6.07) is 8.09. The van der Waals surface area contributed by atoms with Crippen LogP contribution in [0.15, 0.2) is 30.6 Å². The highest BCUT2D eigenvalue weighted by atomic mass is 16.5. The molecule has 1 saturated heterocycles. The number of benzene rings is 1. The molecule has 1 fully saturated rings. The topological polar surface area (TPSA) is 80.1 Å². The number of nitrogens with one attached hydrogen (secondary N) is 1. The minimum absolute atomic E-state index is 0.190. The quantitative estimate of drug-likeness (QED) is 0.880. The first kappa shape index (κ1) is 16.2. The summed E-state index contributed by atoms with van der Waals surface area (Å²) in [5.74, 6) is 1.49. The van der Waals surface area contributed by atoms with Crippen molar-refractivity contribution in [3.63, 3.8) is 0 Å². The normalized spacial score (nSPS) is 16.6. The molecule has 1 aliphatic rings. The van der Waals surface area contributed by atoms with Crippen molar-refractivity contribution in [2.45, 2.75) is 32.4 Å². The Labute approximate surface area is 141 Å². The fourth-order valence-electron chi connectivity index (χ4n) is 2.56. The largest absolute Gasteiger partial charge is 0.491 e. The molecule has 1 unspecified atom stereocenters. The molecule has 0 amide bonds. The van der Waals surface area contributed by atoms with E-state index in [1.807, 2.05) is 25.1 Å². The molecule has 1 N–H and O–H groups in total. The number of aromatic nitrogens is 2. The van der Waals surface area contributed by atoms with Gasteiger partial charge in [0.1, 0.15) is 24.2 Å². The zero-order valence-electron chi connectivity index (χ0n) is 13.7. The summed E-state index contributed by atoms with van der Waals surface area (Å²) in [5, 5.41) is 12.0. The Morgan fingerprint density at radius 3 is 3.00 bits per heavy atom. The first-order valence-corrected chi connectivity index (χ1v) is 8.04. The van der Waals surface area contributed by atoms with Crippen molar-refractivity contribution in [3.8, 4) is 11.8 Å². The van der Waals surface area contributed by atoms with E-state index in [0.717, 1.165) is 36.3 Å². The Kier molecular flexibility index (Phi) is 5.24. The molecule has 6 heteroatoms. The van der Waals surface area contributed by atoms with Gasteiger partial charge >= 0.3 is 0 Å². The van der Waals surface area contributed by atoms with Gasteiger partial charge in [-0.3, -0.25) is 0 Å². The van der Waals surface area contributed by atoms with Gasteiger partial charge in [-0.05, 0) is 31.4 Å². The van der Waals surface area contributed by atoms with Gasteiger partial charge in [-0.25, -0.2) is 9.97 Å². The maximum absolute atomic E-state index is 8.75. The fraction of sp³-hybridized carbons (Fsp3) is 0.389. The van der Waals surface area contributed by atoms with Crippen molar-refractivity contribution >= 4 is 5.82 Å². The van der Waals surface area contributed by atoms with Crippen molar-refractivity contribution in [3.05, 3.63) is 47.4 Å². The Bertz CT molecular complexity index is 719. The van der Waals surface area contributed by atoms with Crippen LogP contribution in [0.25, 0.3) is 0 Å². The summed E-state index contributed by atoms with van der Waals surface area (Å²) in [7, 11) is 0. The lowest BCUT2D eigenvalue weighted by Crippen LogP contribution is -2.17. The average molecular weight is 324 g/mol. The second-order valence-electron chi connectivity index (χ2n) is 5.81. The molecule has 0 spiro atoms. The number of hydrogen-bond donors (Lipinski definition) is 1. The van der Waals surface area contributed by atoms with E-state index in [-0.39, 0.29) is 6.10 Å². The summed E-state index contributed by atoms with van der Waals surface area (Å²) in [6.07, 6.45) is 5.36. The van der Waals surface area contributed by atoms with E-state index < -0.39 is 0 Å². The van der Waals surface area contributed by atoms with Gasteiger partial charge in [-0.1, -0.05) is 12.1 Å². The fourth-order valence-corrected chi connectivity index (χ4v) is 2.56. The van der Waals surface area contributed by atoms with E-state index in [1.54, 1.807) is 6.20 Å². The SMILES string of the molecule is Cc1ccc(CNc2cnc(C#N)cn2)c(OCC2CCCO2)c1. The van der Waals surface area contributed by atoms with E-state index in [9.17, 15) is 0 Å². The maximum Gasteiger partial charge on any atom is 0.158 e. The highest BCUT2D eigenvalue weighted by Crippen LogP contribution is 2.23. The molecule has 0 radical (unpaired) electrons. The van der Waals surface area contributed by atoms with Gasteiger partial charge in [0.05, 0.1) is 18.5 Å². The van der Waals surface area contributed by atoms with Crippen molar-refractivity contribution in [2.24, 2.45) is 0 Å². The zero-order valence-corrected chi connectivity index (χ0v) is 13.7. The van der Waals surface area contributed by atoms with Crippen molar-refractivity contribution in [1.82, 2.24) is 9.97 Å². The van der Waals surface area contributed by atoms with Gasteiger partial charge in [-0.2, -0.15) is 5.26 Å². The molecule has 24 heavy (non-hydrogen) atoms. The van der Waals surface area contributed by atoms with Crippen molar-refractivity contribution in [2.75, 3.05) is 18.5 Å². The molecule has 124 valence electrons. The second kappa shape index (κ2) is 7.75. The standard InChI is InChI=1S/C18H20N4O2/c1-13-4-5-14(9-21-18-11-20-15(8-19)10-22-18)17(7-13)24-12-16-3-2-6-23-16/h4-5,7,10-11,16H,2-3,6,9,12H2,1H3,(H,21,22). The van der Waals surface area contributed by atoms with Crippen LogP contribution in [-0.4, -0.2) is 29.3 Å². The molecule has 0 saturated carbocycles. The number of ether oxygens (including phenoxy) is 2. The highest BCUT2D eigenvalue weighted by Gasteiger charge is 2.16. The first-order valence-electron chi connectivity index (χ1n) is 8.04. The lowest BCUT2D eigenvalue weighted by molar-refractivity contribution is 0.0676. The van der Waals surface area contributed by atoms with Crippen LogP contribution in [0.2, 0.25) is 0 Å². The molecular weight excluding hydrogens is 304 g/mol. The third kappa shape index (κ3) is 4.21. The second-order valence-corrected chi connectivity index (χ2v) is 5.81. The molecule has 3 rings (SSSR count). The van der Waals surface area contributed by atoms with Crippen LogP contribution >= 0.6 is 0 Å². The molecule has 2 heterocycles. The summed E-state index contributed by atoms with van der Waals surface area (Å²) in [4.78, 5) is 8.16. The van der Waals surface area contributed by atoms with E-state index in [4.69, 9.17) is 14.7 Å². The Balaban J connectivity index is 1.64. The van der Waals surface area contributed by atoms with Gasteiger partial charge in [0.15, 0.2) is 5.69 Å². The summed E-state index contributed by atoms with van der Waals surface area (Å²) in [6.45, 7) is 4.02. The molecule has 2 aromatic rings. The monoisotopic (exact) mass is 324 g/mol. The van der Waals surface area contributed by atoms with Crippen molar-refractivity contribution in [1.29, 1.82) is 5.26 Å². The number of aryl methyl sites for hydroxylation is 1. The number of nitriles is 1. The van der Waals surface area contributed by atoms with Crippen molar-refractivity contribution < 1.29 is 9.47 Å². The Morgan fingerprint density at radius 2 is 2.29 bits per heavy atom. The minimum Gasteiger partial charge on any atom is -0.491 e. The van der Waals surface area contributed by atoms with E-state index in [1.165, 1.54) is 6.20 Å². The van der Waals surface area contributed by atoms with Crippen LogP contribution in [0.5, 0.6) is 5.75 Å². The molecule has 1 aliphatic heterocycles. The summed E-state index contributed by atoms with van der Waals surface area (Å²) < 4.78 is 11.6. The third-order valence-corrected chi connectivity index (χ3v) is 3.90. The number of rotatable bonds is 6. The average Bonchev–Trinajstić information content (AvgIpc) is 3.13. The van der Waals surface area contributed by atoms with E-state index in [0.29, 0.717) is 24.7 Å². The predicted molar refractivity (Wildman–Crippen MR) is 89.7 cm³/mol. The van der Waals surface area contributed by atoms with E-state index >= 15 is 0 Å². The zero-order chi connectivity index (χ0) is 16.8. The molecule has 0 aliphatic carbocycles.